The van der Waals surface area contributed by atoms with Crippen LogP contribution in [0.1, 0.15) is 111 Å². The molecule has 0 saturated carbocycles. The molecule has 3 aliphatic rings. The standard InChI is InChI=1S/C64H104N18O19/c1-37(2)30-44(61(100)101)74-58(97)53(64(3,4)5)76-54(93)43(31-38-13-15-40(83)16-14-38)73-55(94)46-19-25-82(46)60(99)42(11-8-21-70-62(66)67)72-57(96)52(39-17-23-80(24-18-39)63(68)69)75-56(95)45-12-9-22-81(45)59(98)41(10-6-7-20-65)71-47(84)32-78(34-49(87)88)28-26-77(33-48(85)86)27-29-79(35-50(89)90)36-51(91)92/h13-16,37,39,41-46,52-53,83H,6-12,17-36,65H2,1-5H3,(H3,68,69)(H,71,84)(H,72,96)(H,73,94)(H,74,97)(H,75,95)(H,76,93)(H,85,86)(H,87,88)(H,89,90)(H,91,92)(H,100,101)(H4,66,67,70)/t41-,42+,43+,44+,45+,46+,52+,53-/m1/s1. The number of carbonyl (C=O) groups is 13. The van der Waals surface area contributed by atoms with Gasteiger partial charge in [-0.3, -0.25) is 82.6 Å². The molecule has 8 amide bonds. The molecule has 37 nitrogen and oxygen atoms in total. The summed E-state index contributed by atoms with van der Waals surface area (Å²) in [6, 6.07) is -4.78. The van der Waals surface area contributed by atoms with E-state index < -0.39 is 169 Å². The summed E-state index contributed by atoms with van der Waals surface area (Å²) in [6.45, 7) is 5.12. The molecule has 3 aliphatic heterocycles. The highest BCUT2D eigenvalue weighted by Gasteiger charge is 2.46. The van der Waals surface area contributed by atoms with Crippen LogP contribution < -0.4 is 54.8 Å². The van der Waals surface area contributed by atoms with Crippen LogP contribution in [0.5, 0.6) is 5.75 Å². The van der Waals surface area contributed by atoms with Crippen LogP contribution in [0.3, 0.4) is 0 Å². The Morgan fingerprint density at radius 1 is 0.584 bits per heavy atom. The molecule has 0 bridgehead atoms. The predicted molar refractivity (Wildman–Crippen MR) is 364 cm³/mol. The van der Waals surface area contributed by atoms with Crippen molar-refractivity contribution in [3.8, 4) is 5.75 Å². The van der Waals surface area contributed by atoms with E-state index >= 15 is 4.79 Å². The van der Waals surface area contributed by atoms with Crippen molar-refractivity contribution >= 4 is 89.0 Å². The molecule has 0 radical (unpaired) electrons. The van der Waals surface area contributed by atoms with Crippen molar-refractivity contribution < 1.29 is 93.0 Å². The number of carboxylic acid groups (broad SMARTS) is 5. The molecule has 564 valence electrons. The summed E-state index contributed by atoms with van der Waals surface area (Å²) in [5.74, 6) is -14.2. The minimum Gasteiger partial charge on any atom is -0.508 e. The number of nitrogens with zero attached hydrogens (tertiary/aromatic N) is 7. The lowest BCUT2D eigenvalue weighted by Gasteiger charge is -2.42. The minimum absolute atomic E-state index is 0.00424. The number of phenolic OH excluding ortho intramolecular Hbond substituents is 1. The number of carboxylic acids is 5. The lowest BCUT2D eigenvalue weighted by molar-refractivity contribution is -0.151. The summed E-state index contributed by atoms with van der Waals surface area (Å²) in [6.07, 6.45) is 1.55. The fraction of sp³-hybridized carbons (Fsp3) is 0.672. The smallest absolute Gasteiger partial charge is 0.326 e. The molecule has 3 saturated heterocycles. The van der Waals surface area contributed by atoms with Crippen molar-refractivity contribution in [3.05, 3.63) is 29.8 Å². The van der Waals surface area contributed by atoms with Crippen molar-refractivity contribution in [2.75, 3.05) is 98.2 Å². The van der Waals surface area contributed by atoms with Crippen molar-refractivity contribution in [3.63, 3.8) is 0 Å². The number of piperidine rings is 1. The number of carbonyl (C=O) groups excluding carboxylic acids is 8. The number of nitrogens with two attached hydrogens (primary N) is 4. The highest BCUT2D eigenvalue weighted by molar-refractivity contribution is 5.99. The number of aromatic hydroxyl groups is 1. The zero-order chi connectivity index (χ0) is 75.4. The third-order valence-corrected chi connectivity index (χ3v) is 17.5. The summed E-state index contributed by atoms with van der Waals surface area (Å²) in [7, 11) is 0. The van der Waals surface area contributed by atoms with E-state index in [9.17, 15) is 88.2 Å². The molecule has 3 fully saturated rings. The van der Waals surface area contributed by atoms with Gasteiger partial charge in [-0.1, -0.05) is 46.8 Å². The van der Waals surface area contributed by atoms with E-state index in [2.05, 4.69) is 36.9 Å². The maximum absolute atomic E-state index is 15.1. The second-order valence-electron chi connectivity index (χ2n) is 27.2. The number of phenols is 1. The zero-order valence-electron chi connectivity index (χ0n) is 58.1. The third kappa shape index (κ3) is 28.6. The van der Waals surface area contributed by atoms with Gasteiger partial charge in [0.25, 0.3) is 0 Å². The number of amides is 8. The van der Waals surface area contributed by atoms with Gasteiger partial charge in [0.15, 0.2) is 11.9 Å². The molecule has 0 aliphatic carbocycles. The molecule has 37 heteroatoms. The van der Waals surface area contributed by atoms with Gasteiger partial charge in [0.2, 0.25) is 47.3 Å². The number of benzene rings is 1. The van der Waals surface area contributed by atoms with Gasteiger partial charge in [0.05, 0.1) is 32.7 Å². The Bertz CT molecular complexity index is 3070. The normalized spacial score (nSPS) is 17.3. The average molecular weight is 1430 g/mol. The maximum atomic E-state index is 15.1. The molecule has 0 spiro atoms. The number of guanidine groups is 2. The number of nitrogens with one attached hydrogen (secondary N) is 7. The van der Waals surface area contributed by atoms with Crippen LogP contribution in [0.4, 0.5) is 0 Å². The fourth-order valence-electron chi connectivity index (χ4n) is 12.2. The average Bonchev–Trinajstić information content (AvgIpc) is 1.02. The van der Waals surface area contributed by atoms with Crippen molar-refractivity contribution in [1.29, 1.82) is 5.41 Å². The first-order valence-corrected chi connectivity index (χ1v) is 33.8. The molecule has 8 atom stereocenters. The second-order valence-corrected chi connectivity index (χ2v) is 27.2. The van der Waals surface area contributed by atoms with Crippen molar-refractivity contribution in [2.24, 2.45) is 45.2 Å². The molecule has 0 unspecified atom stereocenters. The van der Waals surface area contributed by atoms with Crippen molar-refractivity contribution in [1.82, 2.24) is 61.3 Å². The Morgan fingerprint density at radius 2 is 1.09 bits per heavy atom. The van der Waals surface area contributed by atoms with Gasteiger partial charge in [-0.15, -0.1) is 0 Å². The number of aliphatic carboxylic acids is 5. The lowest BCUT2D eigenvalue weighted by atomic mass is 9.85. The first kappa shape index (κ1) is 83.9. The molecular weight excluding hydrogens is 1320 g/mol. The molecule has 3 heterocycles. The van der Waals surface area contributed by atoms with Gasteiger partial charge < -0.3 is 100 Å². The van der Waals surface area contributed by atoms with Crippen LogP contribution in [0.15, 0.2) is 29.3 Å². The van der Waals surface area contributed by atoms with Gasteiger partial charge >= 0.3 is 29.8 Å². The Hall–Kier alpha value is -9.49. The lowest BCUT2D eigenvalue weighted by Crippen LogP contribution is -2.66. The monoisotopic (exact) mass is 1430 g/mol. The molecular formula is C64H104N18O19. The van der Waals surface area contributed by atoms with Crippen LogP contribution in [-0.4, -0.2) is 296 Å². The highest BCUT2D eigenvalue weighted by Crippen LogP contribution is 2.27. The van der Waals surface area contributed by atoms with Gasteiger partial charge in [-0.2, -0.15) is 0 Å². The molecule has 101 heavy (non-hydrogen) atoms. The number of hydrogen-bond donors (Lipinski definition) is 17. The number of likely N-dealkylation sites (tertiary alicyclic amines) is 3. The Balaban J connectivity index is 1.62. The van der Waals surface area contributed by atoms with Crippen LogP contribution in [0.25, 0.3) is 0 Å². The van der Waals surface area contributed by atoms with E-state index in [1.54, 1.807) is 39.5 Å². The van der Waals surface area contributed by atoms with Crippen molar-refractivity contribution in [2.45, 2.75) is 160 Å². The Morgan fingerprint density at radius 3 is 1.59 bits per heavy atom. The number of unbranched alkanes of at least 4 members (excludes halogenated alkanes) is 1. The Labute approximate surface area is 585 Å². The van der Waals surface area contributed by atoms with E-state index in [0.29, 0.717) is 24.8 Å². The van der Waals surface area contributed by atoms with Gasteiger partial charge in [0.1, 0.15) is 54.1 Å². The van der Waals surface area contributed by atoms with Gasteiger partial charge in [-0.25, -0.2) is 4.79 Å². The number of hydrogen-bond acceptors (Lipinski definition) is 20. The van der Waals surface area contributed by atoms with E-state index in [1.165, 1.54) is 43.9 Å². The van der Waals surface area contributed by atoms with E-state index in [-0.39, 0.29) is 147 Å². The topological polar surface area (TPSA) is 575 Å². The molecule has 0 aromatic heterocycles. The SMILES string of the molecule is CC(C)C[C@H](NC(=O)[C@@H](NC(=O)[C@H](Cc1ccc(O)cc1)NC(=O)[C@@H]1CCN1C(=O)[C@H](CCCN=C(N)N)NC(=O)[C@@H](NC(=O)[C@@H]1CCCN1C(=O)[C@@H](CCCCN)NC(=O)CN(CCN(CCN(CC(=O)O)CC(=O)O)CC(=O)O)CC(=O)O)C1CCN(C(=N)N)CC1)C(C)(C)C)C(=O)O. The van der Waals surface area contributed by atoms with Gasteiger partial charge in [0, 0.05) is 65.3 Å². The van der Waals surface area contributed by atoms with E-state index in [4.69, 9.17) is 28.3 Å². The molecule has 1 aromatic rings. The number of aliphatic imine (C=N–C) groups is 1. The first-order valence-electron chi connectivity index (χ1n) is 33.8. The fourth-order valence-corrected chi connectivity index (χ4v) is 12.2. The summed E-state index contributed by atoms with van der Waals surface area (Å²) in [5.41, 5.74) is 22.4. The summed E-state index contributed by atoms with van der Waals surface area (Å²) in [4.78, 5) is 187. The largest absolute Gasteiger partial charge is 0.508 e. The van der Waals surface area contributed by atoms with Crippen LogP contribution in [-0.2, 0) is 68.7 Å². The summed E-state index contributed by atoms with van der Waals surface area (Å²) < 4.78 is 0. The van der Waals surface area contributed by atoms with E-state index in [1.807, 2.05) is 0 Å². The molecule has 21 N–H and O–H groups in total. The van der Waals surface area contributed by atoms with Gasteiger partial charge in [-0.05, 0) is 112 Å². The Kier molecular flexibility index (Phi) is 33.8. The quantitative estimate of drug-likeness (QED) is 0.0167. The molecule has 1 aromatic carbocycles. The van der Waals surface area contributed by atoms with E-state index in [0.717, 1.165) is 4.90 Å². The zero-order valence-corrected chi connectivity index (χ0v) is 58.1. The maximum Gasteiger partial charge on any atom is 0.326 e. The predicted octanol–water partition coefficient (Wildman–Crippen LogP) is -4.36. The highest BCUT2D eigenvalue weighted by atomic mass is 16.4. The minimum atomic E-state index is -1.42. The first-order chi connectivity index (χ1) is 47.5. The summed E-state index contributed by atoms with van der Waals surface area (Å²) >= 11 is 0. The number of rotatable bonds is 43. The summed E-state index contributed by atoms with van der Waals surface area (Å²) in [5, 5.41) is 82.4. The second kappa shape index (κ2) is 40.7. The van der Waals surface area contributed by atoms with Crippen LogP contribution >= 0.6 is 0 Å². The van der Waals surface area contributed by atoms with Crippen LogP contribution in [0.2, 0.25) is 0 Å². The van der Waals surface area contributed by atoms with Crippen LogP contribution in [0, 0.1) is 22.7 Å². The molecule has 4 rings (SSSR count). The third-order valence-electron chi connectivity index (χ3n) is 17.5.